The van der Waals surface area contributed by atoms with E-state index in [-0.39, 0.29) is 6.04 Å². The van der Waals surface area contributed by atoms with Crippen LogP contribution in [-0.2, 0) is 0 Å². The van der Waals surface area contributed by atoms with Crippen molar-refractivity contribution in [2.45, 2.75) is 51.5 Å². The Hall–Kier alpha value is -0.820. The molecule has 2 N–H and O–H groups in total. The van der Waals surface area contributed by atoms with Crippen LogP contribution in [0.25, 0.3) is 0 Å². The molecule has 0 heterocycles. The highest BCUT2D eigenvalue weighted by Crippen LogP contribution is 2.30. The van der Waals surface area contributed by atoms with E-state index >= 15 is 0 Å². The van der Waals surface area contributed by atoms with Crippen molar-refractivity contribution in [1.82, 2.24) is 0 Å². The first-order valence-electron chi connectivity index (χ1n) is 6.58. The van der Waals surface area contributed by atoms with Crippen molar-refractivity contribution in [3.8, 4) is 0 Å². The Labute approximate surface area is 99.0 Å². The van der Waals surface area contributed by atoms with E-state index in [2.05, 4.69) is 31.2 Å². The molecule has 0 amide bonds. The summed E-state index contributed by atoms with van der Waals surface area (Å²) in [4.78, 5) is 0. The summed E-state index contributed by atoms with van der Waals surface area (Å²) in [5.74, 6) is 0.954. The van der Waals surface area contributed by atoms with Crippen LogP contribution in [0.1, 0.15) is 55.7 Å². The van der Waals surface area contributed by atoms with E-state index < -0.39 is 0 Å². The number of benzene rings is 1. The first kappa shape index (κ1) is 11.7. The van der Waals surface area contributed by atoms with Gasteiger partial charge in [0.1, 0.15) is 0 Å². The van der Waals surface area contributed by atoms with Gasteiger partial charge in [-0.3, -0.25) is 0 Å². The van der Waals surface area contributed by atoms with Crippen LogP contribution in [0.4, 0.5) is 0 Å². The number of hydrogen-bond donors (Lipinski definition) is 1. The molecule has 0 radical (unpaired) electrons. The predicted octanol–water partition coefficient (Wildman–Crippen LogP) is 3.97. The van der Waals surface area contributed by atoms with Crippen LogP contribution >= 0.6 is 0 Å². The van der Waals surface area contributed by atoms with E-state index in [0.29, 0.717) is 0 Å². The predicted molar refractivity (Wildman–Crippen MR) is 69.3 cm³/mol. The molecule has 0 aromatic heterocycles. The van der Waals surface area contributed by atoms with Crippen molar-refractivity contribution in [3.63, 3.8) is 0 Å². The molecule has 1 nitrogen and oxygen atoms in total. The molecule has 1 aromatic rings. The lowest BCUT2D eigenvalue weighted by Crippen LogP contribution is -2.11. The third-order valence-electron chi connectivity index (χ3n) is 3.83. The zero-order valence-corrected chi connectivity index (χ0v) is 10.3. The lowest BCUT2D eigenvalue weighted by molar-refractivity contribution is 0.454. The SMILES string of the molecule is Cc1cccc(C(N)CCC2CCCC2)c1. The van der Waals surface area contributed by atoms with E-state index in [1.54, 1.807) is 0 Å². The van der Waals surface area contributed by atoms with Crippen LogP contribution in [-0.4, -0.2) is 0 Å². The maximum atomic E-state index is 6.24. The second-order valence-corrected chi connectivity index (χ2v) is 5.25. The smallest absolute Gasteiger partial charge is 0.0295 e. The van der Waals surface area contributed by atoms with E-state index in [0.717, 1.165) is 12.3 Å². The van der Waals surface area contributed by atoms with Crippen molar-refractivity contribution in [2.24, 2.45) is 11.7 Å². The Kier molecular flexibility index (Phi) is 4.00. The molecule has 1 aliphatic carbocycles. The summed E-state index contributed by atoms with van der Waals surface area (Å²) < 4.78 is 0. The van der Waals surface area contributed by atoms with Gasteiger partial charge in [-0.1, -0.05) is 55.5 Å². The molecule has 1 heteroatoms. The quantitative estimate of drug-likeness (QED) is 0.811. The van der Waals surface area contributed by atoms with Crippen LogP contribution in [0.15, 0.2) is 24.3 Å². The summed E-state index contributed by atoms with van der Waals surface area (Å²) >= 11 is 0. The Bertz CT molecular complexity index is 326. The molecule has 1 aromatic carbocycles. The summed E-state index contributed by atoms with van der Waals surface area (Å²) in [6, 6.07) is 8.86. The largest absolute Gasteiger partial charge is 0.324 e. The van der Waals surface area contributed by atoms with Gasteiger partial charge in [-0.25, -0.2) is 0 Å². The number of rotatable bonds is 4. The Morgan fingerprint density at radius 3 is 2.75 bits per heavy atom. The van der Waals surface area contributed by atoms with Gasteiger partial charge in [-0.2, -0.15) is 0 Å². The third kappa shape index (κ3) is 3.08. The van der Waals surface area contributed by atoms with Gasteiger partial charge in [-0.05, 0) is 31.2 Å². The Balaban J connectivity index is 1.85. The van der Waals surface area contributed by atoms with Crippen LogP contribution in [0.3, 0.4) is 0 Å². The first-order chi connectivity index (χ1) is 7.75. The van der Waals surface area contributed by atoms with Crippen molar-refractivity contribution in [1.29, 1.82) is 0 Å². The van der Waals surface area contributed by atoms with Gasteiger partial charge in [0.25, 0.3) is 0 Å². The molecule has 1 aliphatic rings. The van der Waals surface area contributed by atoms with E-state index in [1.165, 1.54) is 43.2 Å². The van der Waals surface area contributed by atoms with Crippen molar-refractivity contribution < 1.29 is 0 Å². The molecule has 0 bridgehead atoms. The average molecular weight is 217 g/mol. The lowest BCUT2D eigenvalue weighted by atomic mass is 9.95. The molecule has 1 atom stereocenters. The maximum absolute atomic E-state index is 6.24. The van der Waals surface area contributed by atoms with Crippen LogP contribution < -0.4 is 5.73 Å². The van der Waals surface area contributed by atoms with Gasteiger partial charge >= 0.3 is 0 Å². The second-order valence-electron chi connectivity index (χ2n) is 5.25. The van der Waals surface area contributed by atoms with E-state index in [4.69, 9.17) is 5.73 Å². The van der Waals surface area contributed by atoms with E-state index in [1.807, 2.05) is 0 Å². The fourth-order valence-electron chi connectivity index (χ4n) is 2.78. The van der Waals surface area contributed by atoms with Gasteiger partial charge in [0.05, 0.1) is 0 Å². The van der Waals surface area contributed by atoms with Crippen molar-refractivity contribution >= 4 is 0 Å². The summed E-state index contributed by atoms with van der Waals surface area (Å²) in [5, 5.41) is 0. The zero-order valence-electron chi connectivity index (χ0n) is 10.3. The molecular formula is C15H23N. The Morgan fingerprint density at radius 2 is 2.06 bits per heavy atom. The van der Waals surface area contributed by atoms with Crippen molar-refractivity contribution in [2.75, 3.05) is 0 Å². The average Bonchev–Trinajstić information content (AvgIpc) is 2.78. The first-order valence-corrected chi connectivity index (χ1v) is 6.58. The monoisotopic (exact) mass is 217 g/mol. The second kappa shape index (κ2) is 5.49. The molecule has 1 fully saturated rings. The molecule has 0 saturated heterocycles. The summed E-state index contributed by atoms with van der Waals surface area (Å²) in [6.07, 6.45) is 8.19. The number of aryl methyl sites for hydroxylation is 1. The minimum absolute atomic E-state index is 0.237. The molecule has 16 heavy (non-hydrogen) atoms. The standard InChI is InChI=1S/C15H23N/c1-12-5-4-8-14(11-12)15(16)10-9-13-6-2-3-7-13/h4-5,8,11,13,15H,2-3,6-7,9-10,16H2,1H3. The summed E-state index contributed by atoms with van der Waals surface area (Å²) in [7, 11) is 0. The molecule has 1 unspecified atom stereocenters. The lowest BCUT2D eigenvalue weighted by Gasteiger charge is -2.15. The highest BCUT2D eigenvalue weighted by Gasteiger charge is 2.16. The number of hydrogen-bond acceptors (Lipinski definition) is 1. The van der Waals surface area contributed by atoms with Crippen LogP contribution in [0.2, 0.25) is 0 Å². The topological polar surface area (TPSA) is 26.0 Å². The Morgan fingerprint density at radius 1 is 1.31 bits per heavy atom. The van der Waals surface area contributed by atoms with Crippen LogP contribution in [0, 0.1) is 12.8 Å². The number of nitrogens with two attached hydrogens (primary N) is 1. The minimum atomic E-state index is 0.237. The van der Waals surface area contributed by atoms with Gasteiger partial charge in [0, 0.05) is 6.04 Å². The van der Waals surface area contributed by atoms with Gasteiger partial charge in [-0.15, -0.1) is 0 Å². The highest BCUT2D eigenvalue weighted by atomic mass is 14.6. The molecular weight excluding hydrogens is 194 g/mol. The third-order valence-corrected chi connectivity index (χ3v) is 3.83. The maximum Gasteiger partial charge on any atom is 0.0295 e. The summed E-state index contributed by atoms with van der Waals surface area (Å²) in [6.45, 7) is 2.13. The van der Waals surface area contributed by atoms with E-state index in [9.17, 15) is 0 Å². The molecule has 0 aliphatic heterocycles. The fraction of sp³-hybridized carbons (Fsp3) is 0.600. The molecule has 0 spiro atoms. The van der Waals surface area contributed by atoms with Gasteiger partial charge in [0.15, 0.2) is 0 Å². The van der Waals surface area contributed by atoms with Gasteiger partial charge in [0.2, 0.25) is 0 Å². The summed E-state index contributed by atoms with van der Waals surface area (Å²) in [5.41, 5.74) is 8.86. The van der Waals surface area contributed by atoms with Gasteiger partial charge < -0.3 is 5.73 Å². The van der Waals surface area contributed by atoms with Crippen molar-refractivity contribution in [3.05, 3.63) is 35.4 Å². The van der Waals surface area contributed by atoms with Crippen LogP contribution in [0.5, 0.6) is 0 Å². The molecule has 2 rings (SSSR count). The normalized spacial score (nSPS) is 18.9. The minimum Gasteiger partial charge on any atom is -0.324 e. The highest BCUT2D eigenvalue weighted by molar-refractivity contribution is 5.24. The molecule has 1 saturated carbocycles. The zero-order chi connectivity index (χ0) is 11.4. The fourth-order valence-corrected chi connectivity index (χ4v) is 2.78. The molecule has 88 valence electrons.